The lowest BCUT2D eigenvalue weighted by molar-refractivity contribution is 0.0729. The highest BCUT2D eigenvalue weighted by Gasteiger charge is 2.43. The van der Waals surface area contributed by atoms with Crippen LogP contribution in [0, 0.1) is 13.8 Å². The number of benzene rings is 3. The van der Waals surface area contributed by atoms with Crippen LogP contribution in [0.2, 0.25) is 0 Å². The first-order valence-electron chi connectivity index (χ1n) is 14.8. The van der Waals surface area contributed by atoms with Crippen LogP contribution in [-0.4, -0.2) is 37.7 Å². The molecule has 0 aliphatic carbocycles. The fourth-order valence-corrected chi connectivity index (χ4v) is 5.71. The van der Waals surface area contributed by atoms with E-state index in [4.69, 9.17) is 18.6 Å². The molecule has 4 aromatic rings. The van der Waals surface area contributed by atoms with E-state index in [1.807, 2.05) is 75.4 Å². The Balaban J connectivity index is 1.59. The normalized spacial score (nSPS) is 14.4. The summed E-state index contributed by atoms with van der Waals surface area (Å²) in [6.07, 6.45) is 3.76. The first-order valence-corrected chi connectivity index (χ1v) is 14.8. The smallest absolute Gasteiger partial charge is 0.290 e. The Kier molecular flexibility index (Phi) is 8.86. The second-order valence-electron chi connectivity index (χ2n) is 10.8. The zero-order valence-corrected chi connectivity index (χ0v) is 25.1. The van der Waals surface area contributed by atoms with Gasteiger partial charge in [0, 0.05) is 6.54 Å². The van der Waals surface area contributed by atoms with Crippen molar-refractivity contribution in [3.8, 4) is 17.2 Å². The second-order valence-corrected chi connectivity index (χ2v) is 10.8. The molecule has 1 atom stereocenters. The number of carbonyl (C=O) groups is 1. The fourth-order valence-electron chi connectivity index (χ4n) is 5.71. The van der Waals surface area contributed by atoms with Gasteiger partial charge < -0.3 is 23.5 Å². The van der Waals surface area contributed by atoms with Gasteiger partial charge in [0.05, 0.1) is 37.3 Å². The summed E-state index contributed by atoms with van der Waals surface area (Å²) in [5, 5.41) is 0.488. The first-order chi connectivity index (χ1) is 20.4. The van der Waals surface area contributed by atoms with Crippen LogP contribution in [0.25, 0.3) is 11.0 Å². The second kappa shape index (κ2) is 12.7. The van der Waals surface area contributed by atoms with E-state index in [9.17, 15) is 9.59 Å². The van der Waals surface area contributed by atoms with E-state index in [1.165, 1.54) is 0 Å². The fraction of sp³-hybridized carbons (Fsp3) is 0.371. The molecular weight excluding hydrogens is 530 g/mol. The third-order valence-corrected chi connectivity index (χ3v) is 7.79. The monoisotopic (exact) mass is 569 g/mol. The predicted octanol–water partition coefficient (Wildman–Crippen LogP) is 7.17. The van der Waals surface area contributed by atoms with Crippen LogP contribution in [0.3, 0.4) is 0 Å². The summed E-state index contributed by atoms with van der Waals surface area (Å²) in [5.74, 6) is 1.84. The van der Waals surface area contributed by atoms with Crippen molar-refractivity contribution in [2.24, 2.45) is 0 Å². The molecule has 2 heterocycles. The molecule has 42 heavy (non-hydrogen) atoms. The molecule has 0 bridgehead atoms. The van der Waals surface area contributed by atoms with Crippen LogP contribution in [-0.2, 0) is 6.42 Å². The Hall–Kier alpha value is -4.26. The quantitative estimate of drug-likeness (QED) is 0.168. The average molecular weight is 570 g/mol. The summed E-state index contributed by atoms with van der Waals surface area (Å²) in [5.41, 5.74) is 4.27. The molecule has 0 saturated heterocycles. The lowest BCUT2D eigenvalue weighted by atomic mass is 9.96. The molecule has 7 nitrogen and oxygen atoms in total. The van der Waals surface area contributed by atoms with E-state index >= 15 is 0 Å². The Labute approximate surface area is 247 Å². The van der Waals surface area contributed by atoms with E-state index in [-0.39, 0.29) is 17.1 Å². The summed E-state index contributed by atoms with van der Waals surface area (Å²) < 4.78 is 23.6. The minimum Gasteiger partial charge on any atom is -0.497 e. The average Bonchev–Trinajstić information content (AvgIpc) is 3.27. The number of methoxy groups -OCH3 is 1. The molecule has 0 fully saturated rings. The Morgan fingerprint density at radius 3 is 2.40 bits per heavy atom. The van der Waals surface area contributed by atoms with E-state index in [2.05, 4.69) is 6.92 Å². The van der Waals surface area contributed by atoms with Crippen molar-refractivity contribution in [1.82, 2.24) is 4.90 Å². The number of carbonyl (C=O) groups excluding carboxylic acids is 1. The van der Waals surface area contributed by atoms with Crippen LogP contribution in [0.1, 0.15) is 77.5 Å². The summed E-state index contributed by atoms with van der Waals surface area (Å²) in [6, 6.07) is 16.7. The number of hydrogen-bond donors (Lipinski definition) is 0. The van der Waals surface area contributed by atoms with Gasteiger partial charge in [-0.05, 0) is 86.2 Å². The predicted molar refractivity (Wildman–Crippen MR) is 164 cm³/mol. The number of rotatable bonds is 12. The van der Waals surface area contributed by atoms with Gasteiger partial charge in [0.1, 0.15) is 11.3 Å². The molecule has 0 radical (unpaired) electrons. The number of nitrogens with zero attached hydrogens (tertiary/aromatic N) is 1. The maximum absolute atomic E-state index is 14.1. The van der Waals surface area contributed by atoms with Gasteiger partial charge in [-0.25, -0.2) is 0 Å². The van der Waals surface area contributed by atoms with E-state index in [0.717, 1.165) is 47.3 Å². The van der Waals surface area contributed by atoms with Crippen LogP contribution in [0.15, 0.2) is 63.8 Å². The Morgan fingerprint density at radius 1 is 0.905 bits per heavy atom. The number of aryl methyl sites for hydroxylation is 2. The van der Waals surface area contributed by atoms with E-state index in [0.29, 0.717) is 54.2 Å². The van der Waals surface area contributed by atoms with Gasteiger partial charge in [-0.15, -0.1) is 0 Å². The summed E-state index contributed by atoms with van der Waals surface area (Å²) in [6.45, 7) is 9.39. The van der Waals surface area contributed by atoms with Gasteiger partial charge in [0.15, 0.2) is 16.9 Å². The molecule has 1 amide bonds. The lowest BCUT2D eigenvalue weighted by Crippen LogP contribution is -2.31. The van der Waals surface area contributed by atoms with Crippen molar-refractivity contribution in [1.29, 1.82) is 0 Å². The SMILES string of the molecule is CCCCCOc1ccc(C2c3c(oc4c(C)cc(C)cc4c3=O)C(=O)N2CCc2ccc(OC)cc2)cc1OCC. The largest absolute Gasteiger partial charge is 0.497 e. The lowest BCUT2D eigenvalue weighted by Gasteiger charge is -2.26. The van der Waals surface area contributed by atoms with Gasteiger partial charge in [-0.2, -0.15) is 0 Å². The highest BCUT2D eigenvalue weighted by atomic mass is 16.5. The number of amides is 1. The molecule has 3 aromatic carbocycles. The van der Waals surface area contributed by atoms with Gasteiger partial charge >= 0.3 is 0 Å². The van der Waals surface area contributed by atoms with E-state index < -0.39 is 6.04 Å². The molecule has 1 aliphatic rings. The summed E-state index contributed by atoms with van der Waals surface area (Å²) in [7, 11) is 1.63. The molecule has 1 aliphatic heterocycles. The van der Waals surface area contributed by atoms with Crippen molar-refractivity contribution in [3.63, 3.8) is 0 Å². The third kappa shape index (κ3) is 5.73. The molecule has 5 rings (SSSR count). The number of hydrogen-bond acceptors (Lipinski definition) is 6. The Morgan fingerprint density at radius 2 is 1.69 bits per heavy atom. The van der Waals surface area contributed by atoms with Crippen molar-refractivity contribution in [2.75, 3.05) is 26.9 Å². The molecule has 0 spiro atoms. The maximum atomic E-state index is 14.1. The van der Waals surface area contributed by atoms with Crippen LogP contribution in [0.4, 0.5) is 0 Å². The van der Waals surface area contributed by atoms with Crippen molar-refractivity contribution in [2.45, 2.75) is 59.4 Å². The van der Waals surface area contributed by atoms with Crippen molar-refractivity contribution in [3.05, 3.63) is 98.4 Å². The molecule has 7 heteroatoms. The standard InChI is InChI=1S/C35H39NO6/c1-6-8-9-18-41-28-15-12-25(21-29(28)40-7-2)31-30-32(37)27-20-22(3)19-23(4)33(27)42-34(30)35(38)36(31)17-16-24-10-13-26(39-5)14-11-24/h10-15,19-21,31H,6-9,16-18H2,1-5H3. The van der Waals surface area contributed by atoms with Gasteiger partial charge in [-0.3, -0.25) is 9.59 Å². The molecule has 0 N–H and O–H groups in total. The van der Waals surface area contributed by atoms with E-state index in [1.54, 1.807) is 12.0 Å². The van der Waals surface area contributed by atoms with Gasteiger partial charge in [-0.1, -0.05) is 44.0 Å². The number of fused-ring (bicyclic) bond motifs is 2. The molecular formula is C35H39NO6. The minimum atomic E-state index is -0.624. The zero-order valence-electron chi connectivity index (χ0n) is 25.1. The minimum absolute atomic E-state index is 0.108. The number of unbranched alkanes of at least 4 members (excludes halogenated alkanes) is 2. The highest BCUT2D eigenvalue weighted by Crippen LogP contribution is 2.41. The molecule has 0 saturated carbocycles. The zero-order chi connectivity index (χ0) is 29.8. The highest BCUT2D eigenvalue weighted by molar-refractivity contribution is 5.99. The van der Waals surface area contributed by atoms with Crippen LogP contribution in [0.5, 0.6) is 17.2 Å². The third-order valence-electron chi connectivity index (χ3n) is 7.79. The summed E-state index contributed by atoms with van der Waals surface area (Å²) in [4.78, 5) is 29.8. The molecule has 220 valence electrons. The molecule has 1 unspecified atom stereocenters. The molecule has 1 aromatic heterocycles. The van der Waals surface area contributed by atoms with Crippen molar-refractivity contribution < 1.29 is 23.4 Å². The first kappa shape index (κ1) is 29.2. The van der Waals surface area contributed by atoms with Gasteiger partial charge in [0.2, 0.25) is 5.76 Å². The van der Waals surface area contributed by atoms with Gasteiger partial charge in [0.25, 0.3) is 5.91 Å². The van der Waals surface area contributed by atoms with Crippen molar-refractivity contribution >= 4 is 16.9 Å². The number of ether oxygens (including phenoxy) is 3. The Bertz CT molecular complexity index is 1640. The topological polar surface area (TPSA) is 78.2 Å². The van der Waals surface area contributed by atoms with Crippen LogP contribution < -0.4 is 19.6 Å². The maximum Gasteiger partial charge on any atom is 0.290 e. The van der Waals surface area contributed by atoms with Crippen LogP contribution >= 0.6 is 0 Å². The summed E-state index contributed by atoms with van der Waals surface area (Å²) >= 11 is 0.